The Balaban J connectivity index is 1.67. The number of hydroxylamine groups is 1. The van der Waals surface area contributed by atoms with Gasteiger partial charge in [-0.05, 0) is 23.1 Å². The van der Waals surface area contributed by atoms with Crippen LogP contribution in [0.25, 0.3) is 0 Å². The highest BCUT2D eigenvalue weighted by Gasteiger charge is 2.29. The molecule has 1 amide bonds. The highest BCUT2D eigenvalue weighted by Crippen LogP contribution is 2.25. The number of benzene rings is 1. The van der Waals surface area contributed by atoms with E-state index in [4.69, 9.17) is 5.21 Å². The second-order valence-corrected chi connectivity index (χ2v) is 9.82. The summed E-state index contributed by atoms with van der Waals surface area (Å²) >= 11 is 0. The Morgan fingerprint density at radius 1 is 1.03 bits per heavy atom. The van der Waals surface area contributed by atoms with Gasteiger partial charge in [0.25, 0.3) is 5.91 Å². The molecule has 0 spiro atoms. The first-order valence-electron chi connectivity index (χ1n) is 9.25. The van der Waals surface area contributed by atoms with E-state index in [1.165, 1.54) is 22.2 Å². The molecule has 2 heterocycles. The molecule has 0 unspecified atom stereocenters. The average molecular weight is 420 g/mol. The summed E-state index contributed by atoms with van der Waals surface area (Å²) in [6.07, 6.45) is 2.63. The number of piperazine rings is 1. The number of amides is 1. The topological polar surface area (TPSA) is 116 Å². The second-order valence-electron chi connectivity index (χ2n) is 7.88. The molecule has 2 N–H and O–H groups in total. The minimum Gasteiger partial charge on any atom is -0.338 e. The zero-order chi connectivity index (χ0) is 21.2. The fourth-order valence-corrected chi connectivity index (χ4v) is 4.49. The standard InChI is InChI=1S/C19H25N5O4S/c1-19(2,3)15-4-6-16(7-5-15)29(27,28)24-10-8-23(9-11-24)18-20-12-14(13-21-18)17(25)22-26/h4-7,12-13,26H,8-11H2,1-3H3,(H,22,25). The lowest BCUT2D eigenvalue weighted by atomic mass is 9.87. The van der Waals surface area contributed by atoms with Gasteiger partial charge in [0.2, 0.25) is 16.0 Å². The first-order chi connectivity index (χ1) is 13.6. The average Bonchev–Trinajstić information content (AvgIpc) is 2.73. The Hall–Kier alpha value is -2.56. The Kier molecular flexibility index (Phi) is 5.87. The van der Waals surface area contributed by atoms with E-state index in [1.54, 1.807) is 12.1 Å². The van der Waals surface area contributed by atoms with Crippen molar-refractivity contribution in [2.75, 3.05) is 31.1 Å². The number of carbonyl (C=O) groups excluding carboxylic acids is 1. The van der Waals surface area contributed by atoms with E-state index in [9.17, 15) is 13.2 Å². The molecule has 1 aliphatic heterocycles. The minimum atomic E-state index is -3.57. The van der Waals surface area contributed by atoms with Gasteiger partial charge in [0.05, 0.1) is 10.5 Å². The van der Waals surface area contributed by atoms with Crippen LogP contribution in [-0.4, -0.2) is 60.0 Å². The van der Waals surface area contributed by atoms with Gasteiger partial charge in [-0.3, -0.25) is 10.0 Å². The van der Waals surface area contributed by atoms with Crippen LogP contribution in [0.2, 0.25) is 0 Å². The van der Waals surface area contributed by atoms with Gasteiger partial charge in [-0.1, -0.05) is 32.9 Å². The molecule has 1 aliphatic rings. The van der Waals surface area contributed by atoms with Crippen LogP contribution in [0.5, 0.6) is 0 Å². The third-order valence-corrected chi connectivity index (χ3v) is 6.79. The van der Waals surface area contributed by atoms with Crippen LogP contribution in [-0.2, 0) is 15.4 Å². The van der Waals surface area contributed by atoms with E-state index >= 15 is 0 Å². The fraction of sp³-hybridized carbons (Fsp3) is 0.421. The van der Waals surface area contributed by atoms with Crippen LogP contribution < -0.4 is 10.4 Å². The van der Waals surface area contributed by atoms with Crippen molar-refractivity contribution >= 4 is 21.9 Å². The number of anilines is 1. The van der Waals surface area contributed by atoms with E-state index in [-0.39, 0.29) is 15.9 Å². The normalized spacial score (nSPS) is 15.9. The molecule has 0 saturated carbocycles. The largest absolute Gasteiger partial charge is 0.338 e. The van der Waals surface area contributed by atoms with Gasteiger partial charge in [0, 0.05) is 38.6 Å². The van der Waals surface area contributed by atoms with Crippen LogP contribution in [0.1, 0.15) is 36.7 Å². The summed E-state index contributed by atoms with van der Waals surface area (Å²) in [5.74, 6) is -0.281. The quantitative estimate of drug-likeness (QED) is 0.568. The lowest BCUT2D eigenvalue weighted by Gasteiger charge is -2.34. The van der Waals surface area contributed by atoms with E-state index < -0.39 is 15.9 Å². The molecule has 0 atom stereocenters. The summed E-state index contributed by atoms with van der Waals surface area (Å²) in [4.78, 5) is 21.7. The maximum absolute atomic E-state index is 13.0. The van der Waals surface area contributed by atoms with Gasteiger partial charge in [0.1, 0.15) is 0 Å². The van der Waals surface area contributed by atoms with Gasteiger partial charge >= 0.3 is 0 Å². The smallest absolute Gasteiger partial charge is 0.277 e. The minimum absolute atomic E-state index is 0.0404. The number of aromatic nitrogens is 2. The Morgan fingerprint density at radius 3 is 2.07 bits per heavy atom. The zero-order valence-corrected chi connectivity index (χ0v) is 17.5. The summed E-state index contributed by atoms with van der Waals surface area (Å²) in [5.41, 5.74) is 2.70. The molecule has 0 aliphatic carbocycles. The number of hydrogen-bond acceptors (Lipinski definition) is 7. The number of carbonyl (C=O) groups is 1. The van der Waals surface area contributed by atoms with Crippen LogP contribution in [0.15, 0.2) is 41.6 Å². The maximum Gasteiger partial charge on any atom is 0.277 e. The number of rotatable bonds is 4. The highest BCUT2D eigenvalue weighted by atomic mass is 32.2. The summed E-state index contributed by atoms with van der Waals surface area (Å²) in [6.45, 7) is 7.74. The van der Waals surface area contributed by atoms with Gasteiger partial charge in [-0.25, -0.2) is 23.9 Å². The van der Waals surface area contributed by atoms with Crippen molar-refractivity contribution in [1.29, 1.82) is 0 Å². The third-order valence-electron chi connectivity index (χ3n) is 4.88. The summed E-state index contributed by atoms with van der Waals surface area (Å²) in [5, 5.41) is 8.63. The van der Waals surface area contributed by atoms with E-state index in [0.717, 1.165) is 5.56 Å². The van der Waals surface area contributed by atoms with Gasteiger partial charge < -0.3 is 4.90 Å². The molecule has 10 heteroatoms. The van der Waals surface area contributed by atoms with Crippen molar-refractivity contribution in [1.82, 2.24) is 19.8 Å². The second kappa shape index (κ2) is 8.05. The Bertz CT molecular complexity index is 961. The molecule has 0 bridgehead atoms. The maximum atomic E-state index is 13.0. The third kappa shape index (κ3) is 4.55. The van der Waals surface area contributed by atoms with Crippen LogP contribution in [0, 0.1) is 0 Å². The molecule has 9 nitrogen and oxygen atoms in total. The molecule has 1 fully saturated rings. The Morgan fingerprint density at radius 2 is 1.59 bits per heavy atom. The van der Waals surface area contributed by atoms with Crippen molar-refractivity contribution in [3.63, 3.8) is 0 Å². The fourth-order valence-electron chi connectivity index (χ4n) is 3.07. The van der Waals surface area contributed by atoms with Crippen LogP contribution in [0.3, 0.4) is 0 Å². The molecular weight excluding hydrogens is 394 g/mol. The molecule has 156 valence electrons. The van der Waals surface area contributed by atoms with Gasteiger partial charge in [-0.15, -0.1) is 0 Å². The monoisotopic (exact) mass is 419 g/mol. The molecular formula is C19H25N5O4S. The number of sulfonamides is 1. The zero-order valence-electron chi connectivity index (χ0n) is 16.7. The first-order valence-corrected chi connectivity index (χ1v) is 10.7. The predicted molar refractivity (Wildman–Crippen MR) is 107 cm³/mol. The van der Waals surface area contributed by atoms with Crippen molar-refractivity contribution in [2.24, 2.45) is 0 Å². The Labute approximate surface area is 170 Å². The predicted octanol–water partition coefficient (Wildman–Crippen LogP) is 1.40. The molecule has 1 aromatic heterocycles. The molecule has 1 saturated heterocycles. The summed E-state index contributed by atoms with van der Waals surface area (Å²) in [7, 11) is -3.57. The van der Waals surface area contributed by atoms with Gasteiger partial charge in [-0.2, -0.15) is 4.31 Å². The van der Waals surface area contributed by atoms with E-state index in [1.807, 2.05) is 17.0 Å². The number of nitrogens with zero attached hydrogens (tertiary/aromatic N) is 4. The van der Waals surface area contributed by atoms with E-state index in [0.29, 0.717) is 32.1 Å². The SMILES string of the molecule is CC(C)(C)c1ccc(S(=O)(=O)N2CCN(c3ncc(C(=O)NO)cn3)CC2)cc1. The van der Waals surface area contributed by atoms with Crippen molar-refractivity contribution in [3.8, 4) is 0 Å². The molecule has 3 rings (SSSR count). The molecule has 29 heavy (non-hydrogen) atoms. The molecule has 0 radical (unpaired) electrons. The van der Waals surface area contributed by atoms with Crippen molar-refractivity contribution < 1.29 is 18.4 Å². The summed E-state index contributed by atoms with van der Waals surface area (Å²) < 4.78 is 27.4. The number of hydrogen-bond donors (Lipinski definition) is 2. The van der Waals surface area contributed by atoms with E-state index in [2.05, 4.69) is 30.7 Å². The number of nitrogens with one attached hydrogen (secondary N) is 1. The van der Waals surface area contributed by atoms with Crippen LogP contribution in [0.4, 0.5) is 5.95 Å². The lowest BCUT2D eigenvalue weighted by molar-refractivity contribution is 0.0705. The van der Waals surface area contributed by atoms with Gasteiger partial charge in [0.15, 0.2) is 0 Å². The molecule has 2 aromatic rings. The highest BCUT2D eigenvalue weighted by molar-refractivity contribution is 7.89. The molecule has 1 aromatic carbocycles. The lowest BCUT2D eigenvalue weighted by Crippen LogP contribution is -2.49. The van der Waals surface area contributed by atoms with Crippen molar-refractivity contribution in [2.45, 2.75) is 31.1 Å². The van der Waals surface area contributed by atoms with Crippen LogP contribution >= 0.6 is 0 Å². The summed E-state index contributed by atoms with van der Waals surface area (Å²) in [6, 6.07) is 7.05. The van der Waals surface area contributed by atoms with Crippen molar-refractivity contribution in [3.05, 3.63) is 47.8 Å². The first kappa shape index (κ1) is 21.2.